The van der Waals surface area contributed by atoms with Crippen LogP contribution in [0.25, 0.3) is 11.3 Å². The van der Waals surface area contributed by atoms with Crippen molar-refractivity contribution in [1.82, 2.24) is 5.32 Å². The second kappa shape index (κ2) is 7.01. The van der Waals surface area contributed by atoms with Gasteiger partial charge in [-0.1, -0.05) is 53.5 Å². The first kappa shape index (κ1) is 15.2. The number of halogens is 2. The van der Waals surface area contributed by atoms with Crippen LogP contribution >= 0.6 is 23.2 Å². The number of nitrogens with one attached hydrogen (secondary N) is 1. The van der Waals surface area contributed by atoms with Gasteiger partial charge in [0, 0.05) is 17.1 Å². The largest absolute Gasteiger partial charge is 0.460 e. The molecule has 0 fully saturated rings. The summed E-state index contributed by atoms with van der Waals surface area (Å²) < 4.78 is 5.84. The molecule has 0 unspecified atom stereocenters. The van der Waals surface area contributed by atoms with Crippen molar-refractivity contribution in [3.05, 3.63) is 82.0 Å². The van der Waals surface area contributed by atoms with Gasteiger partial charge in [-0.05, 0) is 35.9 Å². The quantitative estimate of drug-likeness (QED) is 0.663. The molecule has 0 aliphatic carbocycles. The summed E-state index contributed by atoms with van der Waals surface area (Å²) in [7, 11) is 0. The van der Waals surface area contributed by atoms with E-state index in [2.05, 4.69) is 17.4 Å². The molecule has 2 nitrogen and oxygen atoms in total. The van der Waals surface area contributed by atoms with Gasteiger partial charge in [-0.15, -0.1) is 0 Å². The number of furan rings is 1. The third kappa shape index (κ3) is 3.72. The summed E-state index contributed by atoms with van der Waals surface area (Å²) in [5.41, 5.74) is 2.09. The van der Waals surface area contributed by atoms with Gasteiger partial charge in [-0.25, -0.2) is 0 Å². The predicted octanol–water partition coefficient (Wildman–Crippen LogP) is 5.54. The van der Waals surface area contributed by atoms with E-state index >= 15 is 0 Å². The summed E-state index contributed by atoms with van der Waals surface area (Å²) in [6.07, 6.45) is 0. The van der Waals surface area contributed by atoms with Crippen LogP contribution in [0.4, 0.5) is 0 Å². The summed E-state index contributed by atoms with van der Waals surface area (Å²) in [6.45, 7) is 1.47. The van der Waals surface area contributed by atoms with Crippen LogP contribution in [0.2, 0.25) is 10.0 Å². The lowest BCUT2D eigenvalue weighted by Gasteiger charge is -2.03. The smallest absolute Gasteiger partial charge is 0.135 e. The molecule has 0 radical (unpaired) electrons. The third-order valence-corrected chi connectivity index (χ3v) is 3.88. The number of rotatable bonds is 5. The molecular formula is C18H15Cl2NO. The molecule has 1 heterocycles. The first-order chi connectivity index (χ1) is 10.7. The van der Waals surface area contributed by atoms with Crippen LogP contribution in [-0.2, 0) is 13.1 Å². The van der Waals surface area contributed by atoms with Crippen LogP contribution in [0.3, 0.4) is 0 Å². The number of hydrogen-bond donors (Lipinski definition) is 1. The fourth-order valence-electron chi connectivity index (χ4n) is 2.23. The Morgan fingerprint density at radius 3 is 2.45 bits per heavy atom. The first-order valence-electron chi connectivity index (χ1n) is 7.01. The zero-order chi connectivity index (χ0) is 15.4. The van der Waals surface area contributed by atoms with Gasteiger partial charge in [0.15, 0.2) is 0 Å². The Hall–Kier alpha value is -1.74. The Balaban J connectivity index is 1.64. The standard InChI is InChI=1S/C18H15Cl2NO/c19-14-6-8-16(17(20)10-14)18-9-7-15(22-18)12-21-11-13-4-2-1-3-5-13/h1-10,21H,11-12H2. The van der Waals surface area contributed by atoms with E-state index in [1.54, 1.807) is 12.1 Å². The summed E-state index contributed by atoms with van der Waals surface area (Å²) in [6, 6.07) is 19.5. The second-order valence-electron chi connectivity index (χ2n) is 4.98. The Morgan fingerprint density at radius 1 is 0.864 bits per heavy atom. The SMILES string of the molecule is Clc1ccc(-c2ccc(CNCc3ccccc3)o2)c(Cl)c1. The summed E-state index contributed by atoms with van der Waals surface area (Å²) in [5.74, 6) is 1.62. The van der Waals surface area contributed by atoms with Gasteiger partial charge in [0.1, 0.15) is 11.5 Å². The molecule has 0 aliphatic rings. The summed E-state index contributed by atoms with van der Waals surface area (Å²) in [5, 5.41) is 4.56. The van der Waals surface area contributed by atoms with Gasteiger partial charge in [-0.2, -0.15) is 0 Å². The highest BCUT2D eigenvalue weighted by Gasteiger charge is 2.09. The number of benzene rings is 2. The van der Waals surface area contributed by atoms with Crippen molar-refractivity contribution in [3.63, 3.8) is 0 Å². The van der Waals surface area contributed by atoms with Crippen LogP contribution in [0, 0.1) is 0 Å². The summed E-state index contributed by atoms with van der Waals surface area (Å²) in [4.78, 5) is 0. The van der Waals surface area contributed by atoms with E-state index in [1.165, 1.54) is 5.56 Å². The zero-order valence-electron chi connectivity index (χ0n) is 11.9. The molecule has 0 saturated carbocycles. The molecule has 0 amide bonds. The van der Waals surface area contributed by atoms with E-state index < -0.39 is 0 Å². The van der Waals surface area contributed by atoms with E-state index in [4.69, 9.17) is 27.6 Å². The molecular weight excluding hydrogens is 317 g/mol. The minimum atomic E-state index is 0.589. The molecule has 0 atom stereocenters. The van der Waals surface area contributed by atoms with E-state index in [-0.39, 0.29) is 0 Å². The van der Waals surface area contributed by atoms with Crippen LogP contribution in [-0.4, -0.2) is 0 Å². The normalized spacial score (nSPS) is 10.8. The lowest BCUT2D eigenvalue weighted by Crippen LogP contribution is -2.11. The third-order valence-electron chi connectivity index (χ3n) is 3.33. The zero-order valence-corrected chi connectivity index (χ0v) is 13.4. The van der Waals surface area contributed by atoms with Crippen molar-refractivity contribution in [2.45, 2.75) is 13.1 Å². The van der Waals surface area contributed by atoms with E-state index in [0.717, 1.165) is 23.6 Å². The van der Waals surface area contributed by atoms with Crippen LogP contribution in [0.15, 0.2) is 65.1 Å². The lowest BCUT2D eigenvalue weighted by molar-refractivity contribution is 0.493. The molecule has 0 bridgehead atoms. The van der Waals surface area contributed by atoms with Gasteiger partial charge in [0.05, 0.1) is 11.6 Å². The van der Waals surface area contributed by atoms with Gasteiger partial charge in [-0.3, -0.25) is 0 Å². The Morgan fingerprint density at radius 2 is 1.68 bits per heavy atom. The van der Waals surface area contributed by atoms with Crippen molar-refractivity contribution < 1.29 is 4.42 Å². The average molecular weight is 332 g/mol. The maximum absolute atomic E-state index is 6.20. The fourth-order valence-corrected chi connectivity index (χ4v) is 2.73. The van der Waals surface area contributed by atoms with E-state index in [1.807, 2.05) is 36.4 Å². The van der Waals surface area contributed by atoms with Gasteiger partial charge < -0.3 is 9.73 Å². The maximum Gasteiger partial charge on any atom is 0.135 e. The predicted molar refractivity (Wildman–Crippen MR) is 91.1 cm³/mol. The molecule has 0 saturated heterocycles. The molecule has 0 aliphatic heterocycles. The molecule has 1 aromatic heterocycles. The highest BCUT2D eigenvalue weighted by molar-refractivity contribution is 6.36. The van der Waals surface area contributed by atoms with Gasteiger partial charge >= 0.3 is 0 Å². The minimum Gasteiger partial charge on any atom is -0.460 e. The van der Waals surface area contributed by atoms with Crippen molar-refractivity contribution >= 4 is 23.2 Å². The molecule has 4 heteroatoms. The fraction of sp³-hybridized carbons (Fsp3) is 0.111. The highest BCUT2D eigenvalue weighted by atomic mass is 35.5. The van der Waals surface area contributed by atoms with Crippen LogP contribution in [0.5, 0.6) is 0 Å². The average Bonchev–Trinajstić information content (AvgIpc) is 2.97. The van der Waals surface area contributed by atoms with Crippen LogP contribution in [0.1, 0.15) is 11.3 Å². The van der Waals surface area contributed by atoms with Crippen LogP contribution < -0.4 is 5.32 Å². The van der Waals surface area contributed by atoms with Gasteiger partial charge in [0.2, 0.25) is 0 Å². The van der Waals surface area contributed by atoms with E-state index in [9.17, 15) is 0 Å². The van der Waals surface area contributed by atoms with Crippen molar-refractivity contribution in [2.24, 2.45) is 0 Å². The molecule has 2 aromatic carbocycles. The minimum absolute atomic E-state index is 0.589. The Bertz CT molecular complexity index is 753. The Labute approximate surface area is 139 Å². The molecule has 0 spiro atoms. The Kier molecular flexibility index (Phi) is 4.84. The molecule has 22 heavy (non-hydrogen) atoms. The number of hydrogen-bond acceptors (Lipinski definition) is 2. The lowest BCUT2D eigenvalue weighted by atomic mass is 10.2. The first-order valence-corrected chi connectivity index (χ1v) is 7.77. The van der Waals surface area contributed by atoms with Crippen molar-refractivity contribution in [1.29, 1.82) is 0 Å². The molecule has 3 rings (SSSR count). The van der Waals surface area contributed by atoms with Gasteiger partial charge in [0.25, 0.3) is 0 Å². The topological polar surface area (TPSA) is 25.2 Å². The molecule has 112 valence electrons. The van der Waals surface area contributed by atoms with Crippen molar-refractivity contribution in [3.8, 4) is 11.3 Å². The second-order valence-corrected chi connectivity index (χ2v) is 5.82. The monoisotopic (exact) mass is 331 g/mol. The highest BCUT2D eigenvalue weighted by Crippen LogP contribution is 2.31. The van der Waals surface area contributed by atoms with Crippen molar-refractivity contribution in [2.75, 3.05) is 0 Å². The summed E-state index contributed by atoms with van der Waals surface area (Å²) >= 11 is 12.1. The maximum atomic E-state index is 6.20. The van der Waals surface area contributed by atoms with E-state index in [0.29, 0.717) is 16.6 Å². The molecule has 1 N–H and O–H groups in total. The molecule has 3 aromatic rings.